The summed E-state index contributed by atoms with van der Waals surface area (Å²) in [5.74, 6) is -0.964. The summed E-state index contributed by atoms with van der Waals surface area (Å²) in [6.45, 7) is 0.0814. The van der Waals surface area contributed by atoms with Crippen molar-refractivity contribution in [2.45, 2.75) is 44.6 Å². The number of halogens is 2. The number of carbonyl (C=O) groups is 2. The summed E-state index contributed by atoms with van der Waals surface area (Å²) in [4.78, 5) is 25.0. The molecular weight excluding hydrogens is 393 g/mol. The normalized spacial score (nSPS) is 14.7. The van der Waals surface area contributed by atoms with E-state index in [1.54, 1.807) is 24.3 Å². The van der Waals surface area contributed by atoms with Crippen LogP contribution in [-0.4, -0.2) is 24.4 Å². The molecule has 2 amide bonds. The van der Waals surface area contributed by atoms with Crippen LogP contribution in [0, 0.1) is 5.82 Å². The summed E-state index contributed by atoms with van der Waals surface area (Å²) in [6, 6.07) is 10.9. The number of anilines is 2. The molecule has 7 heteroatoms. The minimum Gasteiger partial charge on any atom is -0.376 e. The maximum Gasteiger partial charge on any atom is 0.257 e. The molecule has 1 saturated carbocycles. The maximum atomic E-state index is 13.2. The lowest BCUT2D eigenvalue weighted by Crippen LogP contribution is -2.38. The van der Waals surface area contributed by atoms with Crippen LogP contribution in [-0.2, 0) is 4.79 Å². The Hall–Kier alpha value is -2.60. The van der Waals surface area contributed by atoms with Crippen LogP contribution in [0.5, 0.6) is 0 Å². The van der Waals surface area contributed by atoms with Crippen molar-refractivity contribution in [1.29, 1.82) is 0 Å². The second-order valence-electron chi connectivity index (χ2n) is 7.23. The number of nitrogens with one attached hydrogen (secondary N) is 3. The predicted octanol–water partition coefficient (Wildman–Crippen LogP) is 4.98. The van der Waals surface area contributed by atoms with Crippen LogP contribution < -0.4 is 16.0 Å². The van der Waals surface area contributed by atoms with Crippen molar-refractivity contribution in [3.8, 4) is 0 Å². The van der Waals surface area contributed by atoms with Gasteiger partial charge in [-0.25, -0.2) is 4.39 Å². The zero-order valence-electron chi connectivity index (χ0n) is 16.1. The van der Waals surface area contributed by atoms with E-state index in [0.29, 0.717) is 16.9 Å². The van der Waals surface area contributed by atoms with Gasteiger partial charge in [-0.05, 0) is 43.2 Å². The SMILES string of the molecule is O=C(CNc1ccccc1C(=O)Nc1ccc(F)cc1Cl)NC1CCCCCC1. The topological polar surface area (TPSA) is 70.2 Å². The highest BCUT2D eigenvalue weighted by Crippen LogP contribution is 2.24. The fourth-order valence-electron chi connectivity index (χ4n) is 3.49. The third-order valence-electron chi connectivity index (χ3n) is 5.01. The van der Waals surface area contributed by atoms with E-state index >= 15 is 0 Å². The summed E-state index contributed by atoms with van der Waals surface area (Å²) < 4.78 is 13.2. The number of benzene rings is 2. The zero-order chi connectivity index (χ0) is 20.6. The minimum atomic E-state index is -0.477. The van der Waals surface area contributed by atoms with Crippen molar-refractivity contribution < 1.29 is 14.0 Å². The van der Waals surface area contributed by atoms with E-state index in [1.165, 1.54) is 25.0 Å². The molecule has 0 aromatic heterocycles. The molecule has 0 spiro atoms. The van der Waals surface area contributed by atoms with E-state index in [2.05, 4.69) is 16.0 Å². The van der Waals surface area contributed by atoms with Gasteiger partial charge in [0.05, 0.1) is 22.8 Å². The summed E-state index contributed by atoms with van der Waals surface area (Å²) in [5, 5.41) is 8.91. The van der Waals surface area contributed by atoms with Crippen molar-refractivity contribution in [1.82, 2.24) is 5.32 Å². The van der Waals surface area contributed by atoms with Gasteiger partial charge in [-0.3, -0.25) is 9.59 Å². The number of para-hydroxylation sites is 1. The van der Waals surface area contributed by atoms with Crippen LogP contribution in [0.1, 0.15) is 48.9 Å². The first-order chi connectivity index (χ1) is 14.0. The predicted molar refractivity (Wildman–Crippen MR) is 114 cm³/mol. The lowest BCUT2D eigenvalue weighted by Gasteiger charge is -2.17. The van der Waals surface area contributed by atoms with E-state index in [9.17, 15) is 14.0 Å². The molecule has 3 N–H and O–H groups in total. The molecule has 154 valence electrons. The number of hydrogen-bond donors (Lipinski definition) is 3. The molecule has 29 heavy (non-hydrogen) atoms. The molecule has 0 heterocycles. The van der Waals surface area contributed by atoms with Gasteiger partial charge < -0.3 is 16.0 Å². The van der Waals surface area contributed by atoms with E-state index < -0.39 is 11.7 Å². The molecular formula is C22H25ClFN3O2. The van der Waals surface area contributed by atoms with Crippen molar-refractivity contribution in [3.63, 3.8) is 0 Å². The number of hydrogen-bond acceptors (Lipinski definition) is 3. The quantitative estimate of drug-likeness (QED) is 0.580. The maximum absolute atomic E-state index is 13.2. The van der Waals surface area contributed by atoms with Crippen molar-refractivity contribution >= 4 is 34.8 Å². The third-order valence-corrected chi connectivity index (χ3v) is 5.32. The third kappa shape index (κ3) is 6.19. The summed E-state index contributed by atoms with van der Waals surface area (Å²) in [5.41, 5.74) is 1.23. The van der Waals surface area contributed by atoms with E-state index in [4.69, 9.17) is 11.6 Å². The van der Waals surface area contributed by atoms with Gasteiger partial charge in [0.1, 0.15) is 5.82 Å². The van der Waals surface area contributed by atoms with Gasteiger partial charge in [0.2, 0.25) is 5.91 Å². The molecule has 2 aromatic carbocycles. The van der Waals surface area contributed by atoms with Crippen LogP contribution >= 0.6 is 11.6 Å². The highest BCUT2D eigenvalue weighted by atomic mass is 35.5. The molecule has 0 radical (unpaired) electrons. The van der Waals surface area contributed by atoms with Crippen LogP contribution in [0.3, 0.4) is 0 Å². The molecule has 3 rings (SSSR count). The molecule has 1 fully saturated rings. The van der Waals surface area contributed by atoms with E-state index in [0.717, 1.165) is 31.7 Å². The molecule has 2 aromatic rings. The van der Waals surface area contributed by atoms with Crippen molar-refractivity contribution in [2.75, 3.05) is 17.2 Å². The monoisotopic (exact) mass is 417 g/mol. The molecule has 1 aliphatic carbocycles. The van der Waals surface area contributed by atoms with Gasteiger partial charge in [-0.15, -0.1) is 0 Å². The first kappa shape index (κ1) is 21.1. The largest absolute Gasteiger partial charge is 0.376 e. The molecule has 0 aliphatic heterocycles. The lowest BCUT2D eigenvalue weighted by molar-refractivity contribution is -0.120. The highest BCUT2D eigenvalue weighted by Gasteiger charge is 2.16. The Morgan fingerprint density at radius 1 is 1.00 bits per heavy atom. The molecule has 1 aliphatic rings. The van der Waals surface area contributed by atoms with Gasteiger partial charge in [0, 0.05) is 11.7 Å². The Bertz CT molecular complexity index is 867. The van der Waals surface area contributed by atoms with Gasteiger partial charge in [0.15, 0.2) is 0 Å². The second kappa shape index (κ2) is 10.3. The first-order valence-corrected chi connectivity index (χ1v) is 10.3. The molecule has 0 atom stereocenters. The molecule has 0 bridgehead atoms. The first-order valence-electron chi connectivity index (χ1n) is 9.91. The average molecular weight is 418 g/mol. The fraction of sp³-hybridized carbons (Fsp3) is 0.364. The van der Waals surface area contributed by atoms with Crippen molar-refractivity contribution in [3.05, 3.63) is 58.9 Å². The Labute approximate surface area is 175 Å². The Morgan fingerprint density at radius 3 is 2.45 bits per heavy atom. The number of carbonyl (C=O) groups excluding carboxylic acids is 2. The zero-order valence-corrected chi connectivity index (χ0v) is 16.9. The molecule has 0 unspecified atom stereocenters. The van der Waals surface area contributed by atoms with Crippen molar-refractivity contribution in [2.24, 2.45) is 0 Å². The highest BCUT2D eigenvalue weighted by molar-refractivity contribution is 6.34. The fourth-order valence-corrected chi connectivity index (χ4v) is 3.71. The van der Waals surface area contributed by atoms with Crippen LogP contribution in [0.25, 0.3) is 0 Å². The number of amides is 2. The summed E-state index contributed by atoms with van der Waals surface area (Å²) in [7, 11) is 0. The summed E-state index contributed by atoms with van der Waals surface area (Å²) >= 11 is 5.98. The van der Waals surface area contributed by atoms with Gasteiger partial charge >= 0.3 is 0 Å². The van der Waals surface area contributed by atoms with Crippen LogP contribution in [0.2, 0.25) is 5.02 Å². The smallest absolute Gasteiger partial charge is 0.257 e. The summed E-state index contributed by atoms with van der Waals surface area (Å²) in [6.07, 6.45) is 6.78. The lowest BCUT2D eigenvalue weighted by atomic mass is 10.1. The number of rotatable bonds is 6. The Kier molecular flexibility index (Phi) is 7.47. The standard InChI is InChI=1S/C22H25ClFN3O2/c23-18-13-15(24)11-12-20(18)27-22(29)17-9-5-6-10-19(17)25-14-21(28)26-16-7-3-1-2-4-8-16/h5-6,9-13,16,25H,1-4,7-8,14H2,(H,26,28)(H,27,29). The molecule has 0 saturated heterocycles. The van der Waals surface area contributed by atoms with Crippen LogP contribution in [0.15, 0.2) is 42.5 Å². The van der Waals surface area contributed by atoms with Gasteiger partial charge in [0.25, 0.3) is 5.91 Å². The van der Waals surface area contributed by atoms with Gasteiger partial charge in [-0.2, -0.15) is 0 Å². The molecule has 5 nitrogen and oxygen atoms in total. The van der Waals surface area contributed by atoms with E-state index in [1.807, 2.05) is 0 Å². The Morgan fingerprint density at radius 2 is 1.72 bits per heavy atom. The van der Waals surface area contributed by atoms with E-state index in [-0.39, 0.29) is 23.5 Å². The average Bonchev–Trinajstić information content (AvgIpc) is 2.97. The van der Waals surface area contributed by atoms with Gasteiger partial charge in [-0.1, -0.05) is 49.4 Å². The second-order valence-corrected chi connectivity index (χ2v) is 7.64. The minimum absolute atomic E-state index is 0.0814. The Balaban J connectivity index is 1.60. The van der Waals surface area contributed by atoms with Crippen LogP contribution in [0.4, 0.5) is 15.8 Å².